The molecule has 0 saturated carbocycles. The Kier molecular flexibility index (Phi) is 1.85. The molecule has 0 spiro atoms. The van der Waals surface area contributed by atoms with Gasteiger partial charge in [0.05, 0.1) is 5.10 Å². The number of rotatable bonds is 0. The Hall–Kier alpha value is -2.11. The van der Waals surface area contributed by atoms with E-state index in [4.69, 9.17) is 11.5 Å². The van der Waals surface area contributed by atoms with Crippen LogP contribution >= 0.6 is 0 Å². The first-order chi connectivity index (χ1) is 7.00. The van der Waals surface area contributed by atoms with Crippen LogP contribution in [0.1, 0.15) is 11.1 Å². The van der Waals surface area contributed by atoms with E-state index in [-0.39, 0.29) is 5.95 Å². The molecule has 0 radical (unpaired) electrons. The molecule has 1 heterocycles. The summed E-state index contributed by atoms with van der Waals surface area (Å²) in [5.74, 6) is -0.0372. The Balaban J connectivity index is 2.98. The molecule has 0 saturated heterocycles. The Labute approximate surface area is 86.1 Å². The lowest BCUT2D eigenvalue weighted by Crippen LogP contribution is -2.33. The third kappa shape index (κ3) is 1.30. The van der Waals surface area contributed by atoms with E-state index in [0.717, 1.165) is 11.1 Å². The molecule has 78 valence electrons. The van der Waals surface area contributed by atoms with Gasteiger partial charge in [-0.2, -0.15) is 0 Å². The molecule has 0 aliphatic rings. The second kappa shape index (κ2) is 2.94. The molecule has 6 nitrogen and oxygen atoms in total. The highest BCUT2D eigenvalue weighted by molar-refractivity contribution is 5.81. The number of nitrogen functional groups attached to an aromatic ring is 2. The monoisotopic (exact) mass is 205 g/mol. The summed E-state index contributed by atoms with van der Waals surface area (Å²) in [5, 5.41) is 14.9. The summed E-state index contributed by atoms with van der Waals surface area (Å²) < 4.78 is 0. The molecule has 6 heteroatoms. The van der Waals surface area contributed by atoms with E-state index in [1.165, 1.54) is 0 Å². The smallest absolute Gasteiger partial charge is 0.288 e. The maximum Gasteiger partial charge on any atom is 0.288 e. The minimum Gasteiger partial charge on any atom is -0.594 e. The van der Waals surface area contributed by atoms with Crippen LogP contribution in [0.4, 0.5) is 11.6 Å². The number of nitrogens with two attached hydrogens (primary N) is 2. The first kappa shape index (κ1) is 9.45. The Morgan fingerprint density at radius 3 is 2.60 bits per heavy atom. The molecule has 2 rings (SSSR count). The summed E-state index contributed by atoms with van der Waals surface area (Å²) in [6, 6.07) is 1.56. The molecule has 0 atom stereocenters. The van der Waals surface area contributed by atoms with Crippen molar-refractivity contribution in [1.82, 2.24) is 10.1 Å². The third-order valence-electron chi connectivity index (χ3n) is 2.51. The zero-order chi connectivity index (χ0) is 11.2. The summed E-state index contributed by atoms with van der Waals surface area (Å²) in [4.78, 5) is 4.47. The predicted octanol–water partition coefficient (Wildman–Crippen LogP) is 0.0444. The van der Waals surface area contributed by atoms with E-state index in [1.54, 1.807) is 6.07 Å². The molecule has 0 amide bonds. The zero-order valence-corrected chi connectivity index (χ0v) is 8.48. The Morgan fingerprint density at radius 1 is 1.27 bits per heavy atom. The third-order valence-corrected chi connectivity index (χ3v) is 2.51. The van der Waals surface area contributed by atoms with Crippen LogP contribution in [0, 0.1) is 19.1 Å². The number of benzene rings is 1. The fraction of sp³-hybridized carbons (Fsp3) is 0.222. The highest BCUT2D eigenvalue weighted by Crippen LogP contribution is 2.22. The van der Waals surface area contributed by atoms with Gasteiger partial charge in [0.2, 0.25) is 0 Å². The van der Waals surface area contributed by atoms with Gasteiger partial charge in [0.15, 0.2) is 0 Å². The van der Waals surface area contributed by atoms with E-state index in [9.17, 15) is 5.21 Å². The number of hydrogen-bond acceptors (Lipinski definition) is 5. The van der Waals surface area contributed by atoms with Gasteiger partial charge in [0, 0.05) is 11.8 Å². The summed E-state index contributed by atoms with van der Waals surface area (Å²) in [7, 11) is 0. The lowest BCUT2D eigenvalue weighted by Gasteiger charge is -2.07. The van der Waals surface area contributed by atoms with Crippen LogP contribution in [0.25, 0.3) is 11.0 Å². The molecule has 0 aliphatic carbocycles. The molecule has 4 N–H and O–H groups in total. The van der Waals surface area contributed by atoms with Gasteiger partial charge in [-0.15, -0.1) is 0 Å². The van der Waals surface area contributed by atoms with Gasteiger partial charge < -0.3 is 16.7 Å². The van der Waals surface area contributed by atoms with Gasteiger partial charge in [-0.1, -0.05) is 0 Å². The molecule has 2 aromatic rings. The van der Waals surface area contributed by atoms with Crippen molar-refractivity contribution in [2.24, 2.45) is 0 Å². The van der Waals surface area contributed by atoms with Crippen molar-refractivity contribution < 1.29 is 4.85 Å². The van der Waals surface area contributed by atoms with Crippen molar-refractivity contribution in [2.45, 2.75) is 13.8 Å². The molecule has 0 fully saturated rings. The van der Waals surface area contributed by atoms with Crippen molar-refractivity contribution in [3.63, 3.8) is 0 Å². The predicted molar refractivity (Wildman–Crippen MR) is 56.8 cm³/mol. The van der Waals surface area contributed by atoms with Crippen molar-refractivity contribution in [1.29, 1.82) is 0 Å². The molecule has 15 heavy (non-hydrogen) atoms. The van der Waals surface area contributed by atoms with Crippen LogP contribution in [0.5, 0.6) is 0 Å². The summed E-state index contributed by atoms with van der Waals surface area (Å²) in [6.07, 6.45) is 0. The molecule has 1 aromatic carbocycles. The number of hydrogen-bond donors (Lipinski definition) is 2. The average molecular weight is 205 g/mol. The van der Waals surface area contributed by atoms with Crippen molar-refractivity contribution >= 4 is 22.7 Å². The number of nitrogens with zero attached hydrogens (tertiary/aromatic N) is 3. The van der Waals surface area contributed by atoms with Crippen LogP contribution in [0.15, 0.2) is 6.07 Å². The second-order valence-corrected chi connectivity index (χ2v) is 3.43. The van der Waals surface area contributed by atoms with Crippen LogP contribution < -0.4 is 16.3 Å². The molecular formula is C9H11N5O. The van der Waals surface area contributed by atoms with Crippen LogP contribution in [0.3, 0.4) is 0 Å². The fourth-order valence-electron chi connectivity index (χ4n) is 1.48. The lowest BCUT2D eigenvalue weighted by molar-refractivity contribution is -0.641. The summed E-state index contributed by atoms with van der Waals surface area (Å²) >= 11 is 0. The SMILES string of the molecule is Cc1c(N)cc2c(nc(N)n[n+]2[O-])c1C. The van der Waals surface area contributed by atoms with Gasteiger partial charge in [-0.05, 0) is 29.8 Å². The van der Waals surface area contributed by atoms with Gasteiger partial charge in [-0.3, -0.25) is 0 Å². The first-order valence-corrected chi connectivity index (χ1v) is 4.43. The van der Waals surface area contributed by atoms with E-state index in [0.29, 0.717) is 21.6 Å². The first-order valence-electron chi connectivity index (χ1n) is 4.43. The van der Waals surface area contributed by atoms with E-state index in [1.807, 2.05) is 13.8 Å². The maximum atomic E-state index is 11.4. The van der Waals surface area contributed by atoms with Gasteiger partial charge in [-0.25, -0.2) is 4.98 Å². The number of anilines is 2. The second-order valence-electron chi connectivity index (χ2n) is 3.43. The molecule has 0 aliphatic heterocycles. The van der Waals surface area contributed by atoms with Gasteiger partial charge in [0.1, 0.15) is 5.52 Å². The molecule has 0 bridgehead atoms. The quantitative estimate of drug-likeness (QED) is 0.359. The number of aryl methyl sites for hydroxylation is 1. The lowest BCUT2D eigenvalue weighted by atomic mass is 10.1. The molecule has 1 aromatic heterocycles. The van der Waals surface area contributed by atoms with E-state index >= 15 is 0 Å². The highest BCUT2D eigenvalue weighted by atomic mass is 16.5. The topological polar surface area (TPSA) is 105 Å². The summed E-state index contributed by atoms with van der Waals surface area (Å²) in [5.41, 5.74) is 14.4. The zero-order valence-electron chi connectivity index (χ0n) is 8.48. The number of aromatic nitrogens is 3. The van der Waals surface area contributed by atoms with Crippen LogP contribution in [-0.2, 0) is 0 Å². The van der Waals surface area contributed by atoms with Gasteiger partial charge in [0.25, 0.3) is 11.5 Å². The Morgan fingerprint density at radius 2 is 1.93 bits per heavy atom. The maximum absolute atomic E-state index is 11.4. The van der Waals surface area contributed by atoms with Crippen molar-refractivity contribution in [3.8, 4) is 0 Å². The minimum atomic E-state index is -0.0372. The largest absolute Gasteiger partial charge is 0.594 e. The molecular weight excluding hydrogens is 194 g/mol. The fourth-order valence-corrected chi connectivity index (χ4v) is 1.48. The highest BCUT2D eigenvalue weighted by Gasteiger charge is 2.14. The van der Waals surface area contributed by atoms with E-state index < -0.39 is 0 Å². The van der Waals surface area contributed by atoms with E-state index in [2.05, 4.69) is 10.1 Å². The van der Waals surface area contributed by atoms with Crippen molar-refractivity contribution in [2.75, 3.05) is 11.5 Å². The minimum absolute atomic E-state index is 0.0372. The number of fused-ring (bicyclic) bond motifs is 1. The van der Waals surface area contributed by atoms with Crippen LogP contribution in [-0.4, -0.2) is 10.1 Å². The normalized spacial score (nSPS) is 10.8. The molecule has 0 unspecified atom stereocenters. The Bertz CT molecular complexity index is 552. The standard InChI is InChI=1S/C9H11N5O/c1-4-5(2)8-7(3-6(4)10)14(15)13-9(11)12-8/h3H,10H2,1-2H3,(H2,11,12,13). The summed E-state index contributed by atoms with van der Waals surface area (Å²) in [6.45, 7) is 3.72. The average Bonchev–Trinajstić information content (AvgIpc) is 2.17. The van der Waals surface area contributed by atoms with Crippen molar-refractivity contribution in [3.05, 3.63) is 22.4 Å². The van der Waals surface area contributed by atoms with Crippen LogP contribution in [0.2, 0.25) is 0 Å². The van der Waals surface area contributed by atoms with Gasteiger partial charge >= 0.3 is 0 Å².